The van der Waals surface area contributed by atoms with Crippen molar-refractivity contribution in [3.63, 3.8) is 0 Å². The molecule has 0 aromatic heterocycles. The van der Waals surface area contributed by atoms with E-state index in [9.17, 15) is 4.79 Å². The standard InChI is InChI=1S/C5H9NO4/c1-2-6(5(8)9)10-4-3-7/h2,7H,1,3-4H2,(H,8,9). The van der Waals surface area contributed by atoms with Crippen LogP contribution in [0.15, 0.2) is 12.8 Å². The molecule has 0 bridgehead atoms. The maximum absolute atomic E-state index is 10.1. The number of hydrogen-bond donors (Lipinski definition) is 2. The van der Waals surface area contributed by atoms with Gasteiger partial charge in [0.15, 0.2) is 0 Å². The highest BCUT2D eigenvalue weighted by Gasteiger charge is 2.05. The van der Waals surface area contributed by atoms with E-state index in [0.29, 0.717) is 5.06 Å². The van der Waals surface area contributed by atoms with Gasteiger partial charge < -0.3 is 10.2 Å². The van der Waals surface area contributed by atoms with Crippen molar-refractivity contribution in [3.05, 3.63) is 12.8 Å². The molecule has 1 amide bonds. The summed E-state index contributed by atoms with van der Waals surface area (Å²) in [6.45, 7) is 2.89. The van der Waals surface area contributed by atoms with Crippen LogP contribution in [-0.4, -0.2) is 34.6 Å². The van der Waals surface area contributed by atoms with Crippen molar-refractivity contribution in [1.82, 2.24) is 5.06 Å². The van der Waals surface area contributed by atoms with Crippen LogP contribution in [0.2, 0.25) is 0 Å². The molecule has 0 atom stereocenters. The Morgan fingerprint density at radius 1 is 1.80 bits per heavy atom. The van der Waals surface area contributed by atoms with Gasteiger partial charge in [-0.05, 0) is 0 Å². The van der Waals surface area contributed by atoms with E-state index in [0.717, 1.165) is 6.20 Å². The lowest BCUT2D eigenvalue weighted by Gasteiger charge is -2.11. The average molecular weight is 147 g/mol. The fourth-order valence-electron chi connectivity index (χ4n) is 0.325. The van der Waals surface area contributed by atoms with Crippen LogP contribution >= 0.6 is 0 Å². The molecule has 58 valence electrons. The molecule has 0 unspecified atom stereocenters. The van der Waals surface area contributed by atoms with Gasteiger partial charge >= 0.3 is 6.09 Å². The molecule has 5 nitrogen and oxygen atoms in total. The summed E-state index contributed by atoms with van der Waals surface area (Å²) in [6, 6.07) is 0. The van der Waals surface area contributed by atoms with E-state index < -0.39 is 6.09 Å². The van der Waals surface area contributed by atoms with E-state index in [1.165, 1.54) is 0 Å². The zero-order chi connectivity index (χ0) is 7.98. The molecule has 0 aliphatic carbocycles. The van der Waals surface area contributed by atoms with E-state index in [1.54, 1.807) is 0 Å². The molecule has 0 aromatic carbocycles. The Labute approximate surface area is 58.1 Å². The minimum absolute atomic E-state index is 0.0572. The molecule has 0 saturated heterocycles. The summed E-state index contributed by atoms with van der Waals surface area (Å²) in [4.78, 5) is 14.6. The number of carbonyl (C=O) groups is 1. The summed E-state index contributed by atoms with van der Waals surface area (Å²) in [6.07, 6.45) is -0.263. The molecule has 10 heavy (non-hydrogen) atoms. The molecule has 2 N–H and O–H groups in total. The van der Waals surface area contributed by atoms with Crippen LogP contribution in [-0.2, 0) is 4.84 Å². The zero-order valence-electron chi connectivity index (χ0n) is 5.36. The van der Waals surface area contributed by atoms with Crippen molar-refractivity contribution in [2.45, 2.75) is 0 Å². The third kappa shape index (κ3) is 3.06. The summed E-state index contributed by atoms with van der Waals surface area (Å²) < 4.78 is 0. The fourth-order valence-corrected chi connectivity index (χ4v) is 0.325. The number of aliphatic hydroxyl groups excluding tert-OH is 1. The Balaban J connectivity index is 3.60. The molecule has 0 radical (unpaired) electrons. The molecule has 0 aromatic rings. The molecule has 0 spiro atoms. The Bertz CT molecular complexity index is 125. The Morgan fingerprint density at radius 3 is 2.70 bits per heavy atom. The third-order valence-electron chi connectivity index (χ3n) is 0.676. The second kappa shape index (κ2) is 4.78. The van der Waals surface area contributed by atoms with Gasteiger partial charge in [-0.2, -0.15) is 5.06 Å². The van der Waals surface area contributed by atoms with E-state index in [2.05, 4.69) is 11.4 Å². The van der Waals surface area contributed by atoms with Gasteiger partial charge in [0.25, 0.3) is 0 Å². The van der Waals surface area contributed by atoms with Gasteiger partial charge in [-0.1, -0.05) is 6.58 Å². The maximum Gasteiger partial charge on any atom is 0.435 e. The first-order valence-electron chi connectivity index (χ1n) is 2.61. The SMILES string of the molecule is C=CN(OCCO)C(=O)O. The summed E-state index contributed by atoms with van der Waals surface area (Å²) in [5.74, 6) is 0. The van der Waals surface area contributed by atoms with Gasteiger partial charge in [-0.15, -0.1) is 0 Å². The minimum atomic E-state index is -1.26. The molecule has 5 heteroatoms. The van der Waals surface area contributed by atoms with Gasteiger partial charge in [0, 0.05) is 6.20 Å². The highest BCUT2D eigenvalue weighted by Crippen LogP contribution is 1.89. The van der Waals surface area contributed by atoms with Crippen molar-refractivity contribution in [2.75, 3.05) is 13.2 Å². The quantitative estimate of drug-likeness (QED) is 0.550. The molecular weight excluding hydrogens is 138 g/mol. The molecule has 0 heterocycles. The molecule has 0 rings (SSSR count). The highest BCUT2D eigenvalue weighted by atomic mass is 16.7. The van der Waals surface area contributed by atoms with Crippen molar-refractivity contribution in [3.8, 4) is 0 Å². The predicted molar refractivity (Wildman–Crippen MR) is 33.1 cm³/mol. The Hall–Kier alpha value is -1.07. The number of hydroxylamine groups is 2. The smallest absolute Gasteiger partial charge is 0.435 e. The van der Waals surface area contributed by atoms with Crippen molar-refractivity contribution < 1.29 is 19.8 Å². The van der Waals surface area contributed by atoms with Crippen LogP contribution in [0.4, 0.5) is 4.79 Å². The largest absolute Gasteiger partial charge is 0.463 e. The summed E-state index contributed by atoms with van der Waals surface area (Å²) >= 11 is 0. The molecule has 0 aliphatic heterocycles. The molecule has 0 fully saturated rings. The van der Waals surface area contributed by atoms with Crippen molar-refractivity contribution in [2.24, 2.45) is 0 Å². The van der Waals surface area contributed by atoms with Crippen LogP contribution in [0.5, 0.6) is 0 Å². The van der Waals surface area contributed by atoms with Gasteiger partial charge in [0.2, 0.25) is 0 Å². The Morgan fingerprint density at radius 2 is 2.40 bits per heavy atom. The van der Waals surface area contributed by atoms with Gasteiger partial charge in [-0.25, -0.2) is 4.79 Å². The van der Waals surface area contributed by atoms with Crippen LogP contribution < -0.4 is 0 Å². The minimum Gasteiger partial charge on any atom is -0.463 e. The van der Waals surface area contributed by atoms with E-state index >= 15 is 0 Å². The second-order valence-corrected chi connectivity index (χ2v) is 1.35. The first kappa shape index (κ1) is 8.93. The molecule has 0 aliphatic rings. The van der Waals surface area contributed by atoms with Gasteiger partial charge in [0.05, 0.1) is 13.2 Å². The zero-order valence-corrected chi connectivity index (χ0v) is 5.36. The number of aliphatic hydroxyl groups is 1. The predicted octanol–water partition coefficient (Wildman–Crippen LogP) is 0.0338. The number of carboxylic acid groups (broad SMARTS) is 1. The lowest BCUT2D eigenvalue weighted by Crippen LogP contribution is -2.24. The van der Waals surface area contributed by atoms with Crippen LogP contribution in [0.1, 0.15) is 0 Å². The van der Waals surface area contributed by atoms with Crippen molar-refractivity contribution in [1.29, 1.82) is 0 Å². The number of nitrogens with zero attached hydrogens (tertiary/aromatic N) is 1. The topological polar surface area (TPSA) is 70.0 Å². The summed E-state index contributed by atoms with van der Waals surface area (Å²) in [7, 11) is 0. The van der Waals surface area contributed by atoms with Crippen LogP contribution in [0.3, 0.4) is 0 Å². The normalized spacial score (nSPS) is 8.90. The molecule has 0 saturated carbocycles. The average Bonchev–Trinajstić information content (AvgIpc) is 1.89. The molecular formula is C5H9NO4. The number of amides is 1. The summed E-state index contributed by atoms with van der Waals surface area (Å²) in [5.41, 5.74) is 0. The third-order valence-corrected chi connectivity index (χ3v) is 0.676. The number of rotatable bonds is 4. The van der Waals surface area contributed by atoms with Crippen molar-refractivity contribution >= 4 is 6.09 Å². The summed E-state index contributed by atoms with van der Waals surface area (Å²) in [5, 5.41) is 17.0. The van der Waals surface area contributed by atoms with E-state index in [1.807, 2.05) is 0 Å². The lowest BCUT2D eigenvalue weighted by molar-refractivity contribution is -0.104. The number of hydrogen-bond acceptors (Lipinski definition) is 3. The fraction of sp³-hybridized carbons (Fsp3) is 0.400. The van der Waals surface area contributed by atoms with E-state index in [4.69, 9.17) is 10.2 Å². The van der Waals surface area contributed by atoms with Crippen LogP contribution in [0, 0.1) is 0 Å². The second-order valence-electron chi connectivity index (χ2n) is 1.35. The Kier molecular flexibility index (Phi) is 4.26. The lowest BCUT2D eigenvalue weighted by atomic mass is 10.8. The van der Waals surface area contributed by atoms with Gasteiger partial charge in [-0.3, -0.25) is 4.84 Å². The van der Waals surface area contributed by atoms with E-state index in [-0.39, 0.29) is 13.2 Å². The first-order chi connectivity index (χ1) is 4.72. The van der Waals surface area contributed by atoms with Gasteiger partial charge in [0.1, 0.15) is 0 Å². The first-order valence-corrected chi connectivity index (χ1v) is 2.61. The highest BCUT2D eigenvalue weighted by molar-refractivity contribution is 5.64. The van der Waals surface area contributed by atoms with Crippen LogP contribution in [0.25, 0.3) is 0 Å². The maximum atomic E-state index is 10.1. The monoisotopic (exact) mass is 147 g/mol.